The summed E-state index contributed by atoms with van der Waals surface area (Å²) in [5, 5.41) is 12.5. The van der Waals surface area contributed by atoms with Gasteiger partial charge in [0, 0.05) is 43.1 Å². The monoisotopic (exact) mass is 450 g/mol. The number of carbonyl (C=O) groups excluding carboxylic acids is 1. The molecule has 0 aromatic carbocycles. The van der Waals surface area contributed by atoms with Gasteiger partial charge in [-0.3, -0.25) is 14.7 Å². The second-order valence-corrected chi connectivity index (χ2v) is 8.37. The lowest BCUT2D eigenvalue weighted by Gasteiger charge is -2.29. The number of ether oxygens (including phenoxy) is 1. The molecule has 2 aromatic heterocycles. The van der Waals surface area contributed by atoms with Crippen LogP contribution in [0.15, 0.2) is 24.5 Å². The van der Waals surface area contributed by atoms with Gasteiger partial charge in [0.05, 0.1) is 6.10 Å². The van der Waals surface area contributed by atoms with E-state index in [-0.39, 0.29) is 37.0 Å². The van der Waals surface area contributed by atoms with Crippen molar-refractivity contribution in [2.75, 3.05) is 13.2 Å². The normalized spacial score (nSPS) is 18.9. The molecule has 31 heavy (non-hydrogen) atoms. The van der Waals surface area contributed by atoms with E-state index in [1.807, 2.05) is 13.0 Å². The highest BCUT2D eigenvalue weighted by Crippen LogP contribution is 2.41. The Morgan fingerprint density at radius 2 is 2.16 bits per heavy atom. The molecule has 1 amide bonds. The van der Waals surface area contributed by atoms with Crippen LogP contribution in [0.2, 0.25) is 5.02 Å². The first-order valence-corrected chi connectivity index (χ1v) is 10.7. The highest BCUT2D eigenvalue weighted by molar-refractivity contribution is 6.31. The summed E-state index contributed by atoms with van der Waals surface area (Å²) in [5.74, 6) is -0.0890. The highest BCUT2D eigenvalue weighted by atomic mass is 35.5. The van der Waals surface area contributed by atoms with Crippen molar-refractivity contribution in [2.45, 2.75) is 58.6 Å². The fourth-order valence-corrected chi connectivity index (χ4v) is 3.94. The van der Waals surface area contributed by atoms with Crippen molar-refractivity contribution in [1.82, 2.24) is 20.2 Å². The predicted octanol–water partition coefficient (Wildman–Crippen LogP) is 3.62. The number of aliphatic hydroxyl groups is 1. The van der Waals surface area contributed by atoms with E-state index in [9.17, 15) is 14.3 Å². The molecule has 1 aliphatic heterocycles. The molecule has 3 heterocycles. The lowest BCUT2D eigenvalue weighted by molar-refractivity contribution is 0.0916. The topological polar surface area (TPSA) is 87.6 Å². The number of fused-ring (bicyclic) bond motifs is 1. The maximum absolute atomic E-state index is 13.0. The summed E-state index contributed by atoms with van der Waals surface area (Å²) in [4.78, 5) is 23.4. The van der Waals surface area contributed by atoms with Gasteiger partial charge in [-0.25, -0.2) is 9.37 Å². The van der Waals surface area contributed by atoms with Crippen LogP contribution in [0.4, 0.5) is 4.39 Å². The van der Waals surface area contributed by atoms with E-state index < -0.39 is 12.3 Å². The zero-order valence-electron chi connectivity index (χ0n) is 18.1. The van der Waals surface area contributed by atoms with E-state index in [4.69, 9.17) is 16.3 Å². The van der Waals surface area contributed by atoms with Crippen LogP contribution in [0.3, 0.4) is 0 Å². The van der Waals surface area contributed by atoms with Crippen LogP contribution in [-0.4, -0.2) is 51.3 Å². The molecular formula is C22H28ClFN4O3. The standard InChI is InChI=1S/C22H28ClFN4O3/c1-12(24)11-31-22-19(23)7-16(9-27-22)14(3)28-10-18-17(15(28)4)5-6-25-20(18)21(30)26-8-13(2)29/h5-7,9,12-15,29H,8,10-11H2,1-4H3,(H,26,30)/t12?,13-,14?,15?/m0/s1. The van der Waals surface area contributed by atoms with Gasteiger partial charge in [-0.1, -0.05) is 11.6 Å². The molecule has 0 spiro atoms. The van der Waals surface area contributed by atoms with Gasteiger partial charge in [-0.2, -0.15) is 0 Å². The second kappa shape index (κ2) is 9.89. The quantitative estimate of drug-likeness (QED) is 0.638. The van der Waals surface area contributed by atoms with Crippen molar-refractivity contribution in [1.29, 1.82) is 0 Å². The highest BCUT2D eigenvalue weighted by Gasteiger charge is 2.34. The molecule has 4 atom stereocenters. The molecule has 2 N–H and O–H groups in total. The Kier molecular flexibility index (Phi) is 7.46. The lowest BCUT2D eigenvalue weighted by Crippen LogP contribution is -2.32. The molecule has 7 nitrogen and oxygen atoms in total. The van der Waals surface area contributed by atoms with Crippen molar-refractivity contribution >= 4 is 17.5 Å². The first-order chi connectivity index (χ1) is 14.7. The van der Waals surface area contributed by atoms with Crippen LogP contribution in [0.5, 0.6) is 5.88 Å². The van der Waals surface area contributed by atoms with Crippen LogP contribution >= 0.6 is 11.6 Å². The maximum atomic E-state index is 13.0. The summed E-state index contributed by atoms with van der Waals surface area (Å²) in [7, 11) is 0. The third-order valence-corrected chi connectivity index (χ3v) is 5.68. The van der Waals surface area contributed by atoms with Crippen molar-refractivity contribution in [3.63, 3.8) is 0 Å². The Balaban J connectivity index is 1.79. The minimum atomic E-state index is -1.11. The van der Waals surface area contributed by atoms with E-state index >= 15 is 0 Å². The maximum Gasteiger partial charge on any atom is 0.270 e. The van der Waals surface area contributed by atoms with Crippen LogP contribution in [0.25, 0.3) is 0 Å². The summed E-state index contributed by atoms with van der Waals surface area (Å²) in [6.07, 6.45) is 1.57. The number of nitrogens with zero attached hydrogens (tertiary/aromatic N) is 3. The number of aromatic nitrogens is 2. The number of halogens is 2. The van der Waals surface area contributed by atoms with E-state index in [0.29, 0.717) is 17.3 Å². The molecule has 3 rings (SSSR count). The van der Waals surface area contributed by atoms with Gasteiger partial charge in [0.2, 0.25) is 5.88 Å². The molecule has 0 saturated carbocycles. The smallest absolute Gasteiger partial charge is 0.270 e. The molecule has 168 valence electrons. The average Bonchev–Trinajstić information content (AvgIpc) is 3.07. The molecule has 0 aliphatic carbocycles. The van der Waals surface area contributed by atoms with Gasteiger partial charge in [-0.15, -0.1) is 0 Å². The van der Waals surface area contributed by atoms with Gasteiger partial charge >= 0.3 is 0 Å². The third kappa shape index (κ3) is 5.31. The molecule has 0 fully saturated rings. The van der Waals surface area contributed by atoms with Crippen molar-refractivity contribution in [3.8, 4) is 5.88 Å². The number of rotatable bonds is 8. The number of pyridine rings is 2. The van der Waals surface area contributed by atoms with Crippen LogP contribution in [0.1, 0.15) is 67.0 Å². The molecule has 0 radical (unpaired) electrons. The van der Waals surface area contributed by atoms with Gasteiger partial charge in [-0.05, 0) is 51.0 Å². The Morgan fingerprint density at radius 1 is 1.42 bits per heavy atom. The Labute approximate surface area is 186 Å². The molecule has 0 bridgehead atoms. The third-order valence-electron chi connectivity index (χ3n) is 5.41. The minimum absolute atomic E-state index is 0.0464. The van der Waals surface area contributed by atoms with Crippen LogP contribution < -0.4 is 10.1 Å². The number of aliphatic hydroxyl groups excluding tert-OH is 1. The Bertz CT molecular complexity index is 941. The summed E-state index contributed by atoms with van der Waals surface area (Å²) >= 11 is 6.30. The lowest BCUT2D eigenvalue weighted by atomic mass is 10.0. The summed E-state index contributed by atoms with van der Waals surface area (Å²) in [5.41, 5.74) is 3.18. The predicted molar refractivity (Wildman–Crippen MR) is 116 cm³/mol. The van der Waals surface area contributed by atoms with Crippen molar-refractivity contribution in [3.05, 3.63) is 51.9 Å². The van der Waals surface area contributed by atoms with E-state index in [1.165, 1.54) is 6.92 Å². The number of amides is 1. The van der Waals surface area contributed by atoms with Gasteiger partial charge in [0.15, 0.2) is 0 Å². The number of hydrogen-bond acceptors (Lipinski definition) is 6. The Morgan fingerprint density at radius 3 is 2.81 bits per heavy atom. The number of nitrogens with one attached hydrogen (secondary N) is 1. The fraction of sp³-hybridized carbons (Fsp3) is 0.500. The van der Waals surface area contributed by atoms with E-state index in [0.717, 1.165) is 16.7 Å². The average molecular weight is 451 g/mol. The van der Waals surface area contributed by atoms with Crippen molar-refractivity contribution < 1.29 is 19.0 Å². The molecule has 0 saturated heterocycles. The summed E-state index contributed by atoms with van der Waals surface area (Å²) in [6, 6.07) is 3.72. The largest absolute Gasteiger partial charge is 0.474 e. The SMILES string of the molecule is CC(F)COc1ncc(C(C)N2Cc3c(ccnc3C(=O)NC[C@H](C)O)C2C)cc1Cl. The molecule has 1 aliphatic rings. The molecular weight excluding hydrogens is 423 g/mol. The Hall–Kier alpha value is -2.29. The van der Waals surface area contributed by atoms with Gasteiger partial charge < -0.3 is 15.2 Å². The molecule has 2 aromatic rings. The van der Waals surface area contributed by atoms with Crippen molar-refractivity contribution in [2.24, 2.45) is 0 Å². The summed E-state index contributed by atoms with van der Waals surface area (Å²) < 4.78 is 18.3. The van der Waals surface area contributed by atoms with Crippen LogP contribution in [0, 0.1) is 0 Å². The van der Waals surface area contributed by atoms with E-state index in [2.05, 4.69) is 27.1 Å². The second-order valence-electron chi connectivity index (χ2n) is 7.96. The summed E-state index contributed by atoms with van der Waals surface area (Å²) in [6.45, 7) is 7.74. The number of alkyl halides is 1. The molecule has 3 unspecified atom stereocenters. The van der Waals surface area contributed by atoms with Gasteiger partial charge in [0.25, 0.3) is 5.91 Å². The van der Waals surface area contributed by atoms with Crippen LogP contribution in [-0.2, 0) is 6.54 Å². The minimum Gasteiger partial charge on any atom is -0.474 e. The number of carbonyl (C=O) groups is 1. The molecule has 9 heteroatoms. The fourth-order valence-electron chi connectivity index (χ4n) is 3.72. The zero-order valence-corrected chi connectivity index (χ0v) is 18.9. The van der Waals surface area contributed by atoms with Gasteiger partial charge in [0.1, 0.15) is 23.5 Å². The van der Waals surface area contributed by atoms with E-state index in [1.54, 1.807) is 25.4 Å². The zero-order chi connectivity index (χ0) is 22.7. The number of hydrogen-bond donors (Lipinski definition) is 2. The first kappa shape index (κ1) is 23.4. The first-order valence-electron chi connectivity index (χ1n) is 10.3.